The van der Waals surface area contributed by atoms with Crippen molar-refractivity contribution in [3.63, 3.8) is 0 Å². The maximum atomic E-state index is 7.24. The number of halogens is 1. The van der Waals surface area contributed by atoms with Gasteiger partial charge in [0.25, 0.3) is 0 Å². The lowest BCUT2D eigenvalue weighted by Crippen LogP contribution is -1.94. The quantitative estimate of drug-likeness (QED) is 0.655. The first-order valence-corrected chi connectivity index (χ1v) is 3.95. The molecule has 0 radical (unpaired) electrons. The highest BCUT2D eigenvalue weighted by Gasteiger charge is 2.01. The zero-order valence-corrected chi connectivity index (χ0v) is 7.15. The fraction of sp³-hybridized carbons (Fsp3) is 0.222. The summed E-state index contributed by atoms with van der Waals surface area (Å²) in [6.45, 7) is 2.05. The number of aryl methyl sites for hydroxylation is 1. The monoisotopic (exact) mass is 167 g/mol. The minimum absolute atomic E-state index is 0.127. The molecule has 0 heterocycles. The summed E-state index contributed by atoms with van der Waals surface area (Å²) in [6, 6.07) is 7.72. The first-order chi connectivity index (χ1) is 5.25. The van der Waals surface area contributed by atoms with E-state index in [4.69, 9.17) is 17.0 Å². The molecule has 1 aromatic rings. The van der Waals surface area contributed by atoms with Crippen LogP contribution in [0.4, 0.5) is 0 Å². The van der Waals surface area contributed by atoms with E-state index >= 15 is 0 Å². The summed E-state index contributed by atoms with van der Waals surface area (Å²) < 4.78 is 0. The lowest BCUT2D eigenvalue weighted by Gasteiger charge is -2.02. The summed E-state index contributed by atoms with van der Waals surface area (Å²) in [5.74, 6) is 0. The summed E-state index contributed by atoms with van der Waals surface area (Å²) in [5.41, 5.74) is 1.98. The highest BCUT2D eigenvalue weighted by atomic mass is 35.5. The molecule has 0 spiro atoms. The molecule has 0 amide bonds. The van der Waals surface area contributed by atoms with Gasteiger partial charge >= 0.3 is 0 Å². The third-order valence-electron chi connectivity index (χ3n) is 1.63. The maximum absolute atomic E-state index is 7.24. The van der Waals surface area contributed by atoms with Crippen molar-refractivity contribution >= 4 is 16.8 Å². The Bertz CT molecular complexity index is 268. The Hall–Kier alpha value is -0.820. The Labute approximate surface area is 71.5 Å². The average molecular weight is 168 g/mol. The summed E-state index contributed by atoms with van der Waals surface area (Å²) >= 11 is 5.57. The van der Waals surface area contributed by atoms with Gasteiger partial charge in [-0.05, 0) is 12.0 Å². The van der Waals surface area contributed by atoms with Crippen molar-refractivity contribution in [2.24, 2.45) is 0 Å². The average Bonchev–Trinajstić information content (AvgIpc) is 2.04. The molecular weight excluding hydrogens is 158 g/mol. The zero-order valence-electron chi connectivity index (χ0n) is 6.39. The van der Waals surface area contributed by atoms with Gasteiger partial charge in [-0.2, -0.15) is 0 Å². The van der Waals surface area contributed by atoms with E-state index in [9.17, 15) is 0 Å². The molecule has 0 saturated heterocycles. The van der Waals surface area contributed by atoms with E-state index in [1.165, 1.54) is 0 Å². The molecule has 0 aliphatic heterocycles. The van der Waals surface area contributed by atoms with Gasteiger partial charge in [0, 0.05) is 5.56 Å². The van der Waals surface area contributed by atoms with Gasteiger partial charge in [0.05, 0.1) is 0 Å². The molecule has 0 atom stereocenters. The van der Waals surface area contributed by atoms with E-state index in [1.54, 1.807) is 0 Å². The van der Waals surface area contributed by atoms with Crippen LogP contribution in [0, 0.1) is 5.41 Å². The smallest absolute Gasteiger partial charge is 0.128 e. The molecule has 1 aromatic carbocycles. The van der Waals surface area contributed by atoms with E-state index in [1.807, 2.05) is 24.3 Å². The van der Waals surface area contributed by atoms with Gasteiger partial charge in [-0.25, -0.2) is 0 Å². The minimum atomic E-state index is 0.127. The third kappa shape index (κ3) is 1.81. The van der Waals surface area contributed by atoms with E-state index in [2.05, 4.69) is 6.92 Å². The molecule has 1 rings (SSSR count). The van der Waals surface area contributed by atoms with E-state index < -0.39 is 0 Å². The number of nitrogens with one attached hydrogen (secondary N) is 1. The molecule has 0 aliphatic rings. The van der Waals surface area contributed by atoms with Gasteiger partial charge < -0.3 is 0 Å². The highest BCUT2D eigenvalue weighted by Crippen LogP contribution is 2.11. The SMILES string of the molecule is CCc1ccccc1C(=N)Cl. The normalized spacial score (nSPS) is 9.64. The molecule has 11 heavy (non-hydrogen) atoms. The van der Waals surface area contributed by atoms with Crippen LogP contribution >= 0.6 is 11.6 Å². The largest absolute Gasteiger partial charge is 0.289 e. The number of rotatable bonds is 2. The highest BCUT2D eigenvalue weighted by molar-refractivity contribution is 6.68. The zero-order chi connectivity index (χ0) is 8.27. The molecule has 0 unspecified atom stereocenters. The van der Waals surface area contributed by atoms with Crippen LogP contribution < -0.4 is 0 Å². The topological polar surface area (TPSA) is 23.9 Å². The van der Waals surface area contributed by atoms with Crippen molar-refractivity contribution in [3.8, 4) is 0 Å². The van der Waals surface area contributed by atoms with Crippen LogP contribution in [0.15, 0.2) is 24.3 Å². The summed E-state index contributed by atoms with van der Waals surface area (Å²) in [4.78, 5) is 0. The van der Waals surface area contributed by atoms with Gasteiger partial charge in [0.1, 0.15) is 5.17 Å². The van der Waals surface area contributed by atoms with Crippen molar-refractivity contribution in [2.75, 3.05) is 0 Å². The molecule has 1 N–H and O–H groups in total. The second-order valence-corrected chi connectivity index (χ2v) is 2.70. The fourth-order valence-electron chi connectivity index (χ4n) is 1.04. The van der Waals surface area contributed by atoms with Crippen LogP contribution in [0.5, 0.6) is 0 Å². The van der Waals surface area contributed by atoms with Crippen LogP contribution in [0.1, 0.15) is 18.1 Å². The van der Waals surface area contributed by atoms with E-state index in [0.717, 1.165) is 17.5 Å². The van der Waals surface area contributed by atoms with Crippen LogP contribution in [-0.4, -0.2) is 5.17 Å². The third-order valence-corrected chi connectivity index (χ3v) is 1.84. The van der Waals surface area contributed by atoms with Crippen molar-refractivity contribution < 1.29 is 0 Å². The molecule has 0 saturated carbocycles. The van der Waals surface area contributed by atoms with Crippen molar-refractivity contribution in [2.45, 2.75) is 13.3 Å². The van der Waals surface area contributed by atoms with Crippen LogP contribution in [-0.2, 0) is 6.42 Å². The molecule has 0 bridgehead atoms. The van der Waals surface area contributed by atoms with E-state index in [-0.39, 0.29) is 5.17 Å². The standard InChI is InChI=1S/C9H10ClN/c1-2-7-5-3-4-6-8(7)9(10)11/h3-6,11H,2H2,1H3. The second-order valence-electron chi connectivity index (χ2n) is 2.32. The Morgan fingerprint density at radius 2 is 2.09 bits per heavy atom. The Balaban J connectivity index is 3.12. The Morgan fingerprint density at radius 1 is 1.45 bits per heavy atom. The van der Waals surface area contributed by atoms with Crippen LogP contribution in [0.2, 0.25) is 0 Å². The minimum Gasteiger partial charge on any atom is -0.289 e. The molecule has 0 aliphatic carbocycles. The predicted octanol–water partition coefficient (Wildman–Crippen LogP) is 2.81. The van der Waals surface area contributed by atoms with Crippen LogP contribution in [0.25, 0.3) is 0 Å². The first-order valence-electron chi connectivity index (χ1n) is 3.58. The summed E-state index contributed by atoms with van der Waals surface area (Å²) in [7, 11) is 0. The number of hydrogen-bond acceptors (Lipinski definition) is 1. The fourth-order valence-corrected chi connectivity index (χ4v) is 1.23. The van der Waals surface area contributed by atoms with Gasteiger partial charge in [0.15, 0.2) is 0 Å². The van der Waals surface area contributed by atoms with Crippen molar-refractivity contribution in [1.82, 2.24) is 0 Å². The number of hydrogen-bond donors (Lipinski definition) is 1. The molecule has 0 fully saturated rings. The van der Waals surface area contributed by atoms with Crippen molar-refractivity contribution in [3.05, 3.63) is 35.4 Å². The van der Waals surface area contributed by atoms with Gasteiger partial charge in [-0.15, -0.1) is 0 Å². The Morgan fingerprint density at radius 3 is 2.55 bits per heavy atom. The van der Waals surface area contributed by atoms with Gasteiger partial charge in [-0.1, -0.05) is 42.8 Å². The second kappa shape index (κ2) is 3.54. The lowest BCUT2D eigenvalue weighted by molar-refractivity contribution is 1.13. The van der Waals surface area contributed by atoms with E-state index in [0.29, 0.717) is 0 Å². The summed E-state index contributed by atoms with van der Waals surface area (Å²) in [5, 5.41) is 7.37. The lowest BCUT2D eigenvalue weighted by atomic mass is 10.1. The van der Waals surface area contributed by atoms with Crippen molar-refractivity contribution in [1.29, 1.82) is 5.41 Å². The molecule has 0 aromatic heterocycles. The summed E-state index contributed by atoms with van der Waals surface area (Å²) in [6.07, 6.45) is 0.922. The molecule has 1 nitrogen and oxygen atoms in total. The molecular formula is C9H10ClN. The van der Waals surface area contributed by atoms with Crippen LogP contribution in [0.3, 0.4) is 0 Å². The molecule has 58 valence electrons. The molecule has 2 heteroatoms. The first kappa shape index (κ1) is 8.28. The Kier molecular flexibility index (Phi) is 2.66. The van der Waals surface area contributed by atoms with Gasteiger partial charge in [0.2, 0.25) is 0 Å². The predicted molar refractivity (Wildman–Crippen MR) is 48.5 cm³/mol. The van der Waals surface area contributed by atoms with Gasteiger partial charge in [-0.3, -0.25) is 5.41 Å². The number of benzene rings is 1. The maximum Gasteiger partial charge on any atom is 0.128 e.